The van der Waals surface area contributed by atoms with Gasteiger partial charge in [0.2, 0.25) is 5.88 Å². The Morgan fingerprint density at radius 3 is 2.56 bits per heavy atom. The van der Waals surface area contributed by atoms with Crippen LogP contribution in [0.1, 0.15) is 5.82 Å². The molecule has 0 saturated heterocycles. The van der Waals surface area contributed by atoms with E-state index in [0.717, 1.165) is 0 Å². The fourth-order valence-corrected chi connectivity index (χ4v) is 1.43. The summed E-state index contributed by atoms with van der Waals surface area (Å²) in [5.41, 5.74) is 0. The highest BCUT2D eigenvalue weighted by Crippen LogP contribution is 2.21. The molecule has 0 amide bonds. The van der Waals surface area contributed by atoms with Crippen LogP contribution in [0, 0.1) is 6.92 Å². The van der Waals surface area contributed by atoms with E-state index in [9.17, 15) is 0 Å². The van der Waals surface area contributed by atoms with Crippen LogP contribution in [-0.2, 0) is 0 Å². The number of ether oxygens (including phenoxy) is 1. The Balaban J connectivity index is 2.23. The van der Waals surface area contributed by atoms with E-state index in [2.05, 4.69) is 15.0 Å². The van der Waals surface area contributed by atoms with E-state index in [-0.39, 0.29) is 0 Å². The minimum atomic E-state index is 0.337. The molecule has 0 unspecified atom stereocenters. The molecule has 2 aromatic rings. The molecule has 16 heavy (non-hydrogen) atoms. The van der Waals surface area contributed by atoms with E-state index in [0.29, 0.717) is 27.8 Å². The summed E-state index contributed by atoms with van der Waals surface area (Å²) in [6.45, 7) is 1.73. The second kappa shape index (κ2) is 4.63. The zero-order valence-corrected chi connectivity index (χ0v) is 9.83. The summed E-state index contributed by atoms with van der Waals surface area (Å²) in [6, 6.07) is 4.86. The molecular weight excluding hydrogens is 249 g/mol. The second-order valence-corrected chi connectivity index (χ2v) is 3.77. The molecule has 0 aliphatic heterocycles. The van der Waals surface area contributed by atoms with Gasteiger partial charge in [-0.25, -0.2) is 9.97 Å². The summed E-state index contributed by atoms with van der Waals surface area (Å²) in [7, 11) is 0. The number of nitrogens with zero attached hydrogens (tertiary/aromatic N) is 3. The number of halogens is 2. The molecule has 0 aliphatic carbocycles. The lowest BCUT2D eigenvalue weighted by atomic mass is 10.4. The average Bonchev–Trinajstić information content (AvgIpc) is 2.20. The normalized spacial score (nSPS) is 10.2. The predicted octanol–water partition coefficient (Wildman–Crippen LogP) is 3.28. The SMILES string of the molecule is Cc1nc(Cl)cc(Oc2ccc(Cl)nc2)n1. The molecule has 6 heteroatoms. The first-order chi connectivity index (χ1) is 7.63. The summed E-state index contributed by atoms with van der Waals surface area (Å²) < 4.78 is 5.44. The van der Waals surface area contributed by atoms with E-state index in [1.807, 2.05) is 0 Å². The maximum atomic E-state index is 5.77. The van der Waals surface area contributed by atoms with Crippen LogP contribution in [-0.4, -0.2) is 15.0 Å². The maximum Gasteiger partial charge on any atom is 0.224 e. The zero-order chi connectivity index (χ0) is 11.5. The Kier molecular flexibility index (Phi) is 3.22. The third-order valence-electron chi connectivity index (χ3n) is 1.71. The van der Waals surface area contributed by atoms with Gasteiger partial charge in [0.15, 0.2) is 0 Å². The molecule has 0 atom stereocenters. The van der Waals surface area contributed by atoms with Crippen LogP contribution in [0.2, 0.25) is 10.3 Å². The lowest BCUT2D eigenvalue weighted by Gasteiger charge is -2.04. The molecule has 0 saturated carbocycles. The Hall–Kier alpha value is -1.39. The average molecular weight is 256 g/mol. The van der Waals surface area contributed by atoms with Crippen LogP contribution in [0.15, 0.2) is 24.4 Å². The molecule has 82 valence electrons. The van der Waals surface area contributed by atoms with Gasteiger partial charge >= 0.3 is 0 Å². The van der Waals surface area contributed by atoms with E-state index >= 15 is 0 Å². The largest absolute Gasteiger partial charge is 0.437 e. The highest BCUT2D eigenvalue weighted by molar-refractivity contribution is 6.29. The van der Waals surface area contributed by atoms with Gasteiger partial charge in [-0.15, -0.1) is 0 Å². The topological polar surface area (TPSA) is 47.9 Å². The minimum absolute atomic E-state index is 0.337. The van der Waals surface area contributed by atoms with Gasteiger partial charge in [-0.3, -0.25) is 0 Å². The Labute approximate surface area is 102 Å². The summed E-state index contributed by atoms with van der Waals surface area (Å²) in [6.07, 6.45) is 1.51. The summed E-state index contributed by atoms with van der Waals surface area (Å²) in [5.74, 6) is 1.46. The van der Waals surface area contributed by atoms with Crippen LogP contribution in [0.5, 0.6) is 11.6 Å². The highest BCUT2D eigenvalue weighted by Gasteiger charge is 2.03. The van der Waals surface area contributed by atoms with Crippen LogP contribution < -0.4 is 4.74 Å². The minimum Gasteiger partial charge on any atom is -0.437 e. The molecule has 0 aliphatic rings. The van der Waals surface area contributed by atoms with Crippen molar-refractivity contribution in [3.63, 3.8) is 0 Å². The first-order valence-electron chi connectivity index (χ1n) is 4.44. The summed E-state index contributed by atoms with van der Waals surface area (Å²) in [5, 5.41) is 0.744. The van der Waals surface area contributed by atoms with Crippen LogP contribution in [0.4, 0.5) is 0 Å². The molecule has 0 N–H and O–H groups in total. The molecule has 0 spiro atoms. The summed E-state index contributed by atoms with van der Waals surface area (Å²) >= 11 is 11.4. The number of aromatic nitrogens is 3. The maximum absolute atomic E-state index is 5.77. The van der Waals surface area contributed by atoms with Gasteiger partial charge in [0.1, 0.15) is 21.9 Å². The molecule has 0 fully saturated rings. The third kappa shape index (κ3) is 2.81. The van der Waals surface area contributed by atoms with Gasteiger partial charge in [-0.2, -0.15) is 4.98 Å². The van der Waals surface area contributed by atoms with Crippen molar-refractivity contribution < 1.29 is 4.74 Å². The van der Waals surface area contributed by atoms with Crippen LogP contribution >= 0.6 is 23.2 Å². The fourth-order valence-electron chi connectivity index (χ4n) is 1.10. The molecule has 0 bridgehead atoms. The van der Waals surface area contributed by atoms with Crippen molar-refractivity contribution in [1.29, 1.82) is 0 Å². The van der Waals surface area contributed by atoms with E-state index in [1.54, 1.807) is 19.1 Å². The molecule has 2 rings (SSSR count). The molecule has 4 nitrogen and oxygen atoms in total. The van der Waals surface area contributed by atoms with Crippen LogP contribution in [0.3, 0.4) is 0 Å². The quantitative estimate of drug-likeness (QED) is 0.611. The molecular formula is C10H7Cl2N3O. The molecule has 2 heterocycles. The van der Waals surface area contributed by atoms with E-state index in [4.69, 9.17) is 27.9 Å². The third-order valence-corrected chi connectivity index (χ3v) is 2.12. The van der Waals surface area contributed by atoms with Crippen molar-refractivity contribution in [1.82, 2.24) is 15.0 Å². The van der Waals surface area contributed by atoms with Gasteiger partial charge in [-0.05, 0) is 19.1 Å². The Morgan fingerprint density at radius 2 is 1.94 bits per heavy atom. The van der Waals surface area contributed by atoms with Crippen molar-refractivity contribution in [3.8, 4) is 11.6 Å². The first-order valence-corrected chi connectivity index (χ1v) is 5.20. The Bertz CT molecular complexity index is 482. The van der Waals surface area contributed by atoms with E-state index < -0.39 is 0 Å². The van der Waals surface area contributed by atoms with Crippen LogP contribution in [0.25, 0.3) is 0 Å². The number of rotatable bonds is 2. The standard InChI is InChI=1S/C10H7Cl2N3O/c1-6-14-9(12)4-10(15-6)16-7-2-3-8(11)13-5-7/h2-5H,1H3. The molecule has 0 radical (unpaired) electrons. The first kappa shape index (κ1) is 11.1. The van der Waals surface area contributed by atoms with Crippen molar-refractivity contribution >= 4 is 23.2 Å². The number of aryl methyl sites for hydroxylation is 1. The number of pyridine rings is 1. The monoisotopic (exact) mass is 255 g/mol. The predicted molar refractivity (Wildman–Crippen MR) is 61.1 cm³/mol. The van der Waals surface area contributed by atoms with Crippen molar-refractivity contribution in [2.24, 2.45) is 0 Å². The van der Waals surface area contributed by atoms with Gasteiger partial charge in [0.05, 0.1) is 6.20 Å². The van der Waals surface area contributed by atoms with Gasteiger partial charge in [-0.1, -0.05) is 23.2 Å². The second-order valence-electron chi connectivity index (χ2n) is 2.99. The lowest BCUT2D eigenvalue weighted by Crippen LogP contribution is -1.93. The van der Waals surface area contributed by atoms with E-state index in [1.165, 1.54) is 12.3 Å². The number of hydrogen-bond donors (Lipinski definition) is 0. The summed E-state index contributed by atoms with van der Waals surface area (Å²) in [4.78, 5) is 11.9. The molecule has 2 aromatic heterocycles. The smallest absolute Gasteiger partial charge is 0.224 e. The number of hydrogen-bond acceptors (Lipinski definition) is 4. The fraction of sp³-hybridized carbons (Fsp3) is 0.100. The zero-order valence-electron chi connectivity index (χ0n) is 8.32. The molecule has 0 aromatic carbocycles. The highest BCUT2D eigenvalue weighted by atomic mass is 35.5. The lowest BCUT2D eigenvalue weighted by molar-refractivity contribution is 0.457. The van der Waals surface area contributed by atoms with Crippen molar-refractivity contribution in [2.75, 3.05) is 0 Å². The van der Waals surface area contributed by atoms with Crippen molar-refractivity contribution in [3.05, 3.63) is 40.5 Å². The van der Waals surface area contributed by atoms with Gasteiger partial charge in [0.25, 0.3) is 0 Å². The Morgan fingerprint density at radius 1 is 1.12 bits per heavy atom. The van der Waals surface area contributed by atoms with Gasteiger partial charge < -0.3 is 4.74 Å². The van der Waals surface area contributed by atoms with Gasteiger partial charge in [0, 0.05) is 6.07 Å². The van der Waals surface area contributed by atoms with Crippen molar-refractivity contribution in [2.45, 2.75) is 6.92 Å².